The van der Waals surface area contributed by atoms with E-state index in [4.69, 9.17) is 11.6 Å². The molecule has 0 aliphatic rings. The molecule has 0 unspecified atom stereocenters. The molecule has 3 rings (SSSR count). The number of carbonyl (C=O) groups is 1. The summed E-state index contributed by atoms with van der Waals surface area (Å²) in [5.74, 6) is -0.0492. The van der Waals surface area contributed by atoms with E-state index in [0.717, 1.165) is 40.4 Å². The molecule has 0 saturated carbocycles. The fraction of sp³-hybridized carbons (Fsp3) is 0.273. The monoisotopic (exact) mass is 381 g/mol. The first-order valence-electron chi connectivity index (χ1n) is 9.14. The number of benzene rings is 2. The highest BCUT2D eigenvalue weighted by Crippen LogP contribution is 2.16. The van der Waals surface area contributed by atoms with Crippen LogP contribution in [0, 0.1) is 13.8 Å². The van der Waals surface area contributed by atoms with Crippen molar-refractivity contribution in [1.82, 2.24) is 15.1 Å². The van der Waals surface area contributed by atoms with Crippen molar-refractivity contribution in [3.05, 3.63) is 87.7 Å². The predicted molar refractivity (Wildman–Crippen MR) is 109 cm³/mol. The summed E-state index contributed by atoms with van der Waals surface area (Å²) < 4.78 is 1.97. The molecule has 0 saturated heterocycles. The number of halogens is 1. The number of nitrogens with zero attached hydrogens (tertiary/aromatic N) is 2. The normalized spacial score (nSPS) is 10.8. The van der Waals surface area contributed by atoms with Gasteiger partial charge in [0.25, 0.3) is 5.91 Å². The third-order valence-corrected chi connectivity index (χ3v) is 4.89. The summed E-state index contributed by atoms with van der Waals surface area (Å²) in [6.07, 6.45) is 1.70. The van der Waals surface area contributed by atoms with E-state index in [2.05, 4.69) is 16.5 Å². The van der Waals surface area contributed by atoms with Gasteiger partial charge in [0.15, 0.2) is 0 Å². The number of rotatable bonds is 7. The Morgan fingerprint density at radius 2 is 1.85 bits per heavy atom. The molecule has 0 aliphatic carbocycles. The Morgan fingerprint density at radius 1 is 1.11 bits per heavy atom. The molecular formula is C22H24ClN3O. The number of aromatic nitrogens is 2. The quantitative estimate of drug-likeness (QED) is 0.609. The van der Waals surface area contributed by atoms with Crippen LogP contribution in [0.3, 0.4) is 0 Å². The number of nitrogens with one attached hydrogen (secondary N) is 1. The summed E-state index contributed by atoms with van der Waals surface area (Å²) in [5.41, 5.74) is 5.05. The topological polar surface area (TPSA) is 46.9 Å². The molecule has 0 atom stereocenters. The fourth-order valence-electron chi connectivity index (χ4n) is 3.05. The molecule has 4 nitrogen and oxygen atoms in total. The molecule has 0 spiro atoms. The van der Waals surface area contributed by atoms with Gasteiger partial charge < -0.3 is 5.32 Å². The summed E-state index contributed by atoms with van der Waals surface area (Å²) in [5, 5.41) is 8.22. The highest BCUT2D eigenvalue weighted by Gasteiger charge is 2.07. The van der Waals surface area contributed by atoms with Crippen LogP contribution < -0.4 is 5.32 Å². The largest absolute Gasteiger partial charge is 0.352 e. The smallest absolute Gasteiger partial charge is 0.251 e. The van der Waals surface area contributed by atoms with Crippen molar-refractivity contribution in [3.63, 3.8) is 0 Å². The number of aryl methyl sites for hydroxylation is 3. The van der Waals surface area contributed by atoms with Gasteiger partial charge in [0.1, 0.15) is 0 Å². The van der Waals surface area contributed by atoms with E-state index in [9.17, 15) is 4.79 Å². The summed E-state index contributed by atoms with van der Waals surface area (Å²) >= 11 is 6.15. The minimum atomic E-state index is -0.0492. The van der Waals surface area contributed by atoms with Crippen LogP contribution >= 0.6 is 11.6 Å². The van der Waals surface area contributed by atoms with Gasteiger partial charge in [-0.15, -0.1) is 0 Å². The molecule has 0 radical (unpaired) electrons. The number of hydrogen-bond donors (Lipinski definition) is 1. The Balaban J connectivity index is 1.49. The molecule has 0 aliphatic heterocycles. The Morgan fingerprint density at radius 3 is 2.52 bits per heavy atom. The maximum Gasteiger partial charge on any atom is 0.251 e. The first-order chi connectivity index (χ1) is 13.0. The van der Waals surface area contributed by atoms with Crippen molar-refractivity contribution in [1.29, 1.82) is 0 Å². The van der Waals surface area contributed by atoms with Crippen molar-refractivity contribution in [2.45, 2.75) is 33.2 Å². The van der Waals surface area contributed by atoms with Gasteiger partial charge in [-0.05, 0) is 62.1 Å². The molecule has 1 heterocycles. The molecule has 3 aromatic rings. The van der Waals surface area contributed by atoms with Gasteiger partial charge in [0, 0.05) is 22.8 Å². The van der Waals surface area contributed by atoms with E-state index < -0.39 is 0 Å². The van der Waals surface area contributed by atoms with Crippen LogP contribution in [0.5, 0.6) is 0 Å². The molecule has 5 heteroatoms. The molecule has 1 N–H and O–H groups in total. The van der Waals surface area contributed by atoms with Crippen LogP contribution in [0.25, 0.3) is 0 Å². The van der Waals surface area contributed by atoms with Gasteiger partial charge in [-0.25, -0.2) is 0 Å². The zero-order chi connectivity index (χ0) is 19.2. The maximum absolute atomic E-state index is 12.3. The van der Waals surface area contributed by atoms with E-state index >= 15 is 0 Å². The van der Waals surface area contributed by atoms with E-state index in [-0.39, 0.29) is 5.91 Å². The lowest BCUT2D eigenvalue weighted by Gasteiger charge is -2.08. The zero-order valence-corrected chi connectivity index (χ0v) is 16.5. The fourth-order valence-corrected chi connectivity index (χ4v) is 3.28. The van der Waals surface area contributed by atoms with Crippen molar-refractivity contribution in [3.8, 4) is 0 Å². The third kappa shape index (κ3) is 5.20. The third-order valence-electron chi connectivity index (χ3n) is 4.52. The minimum Gasteiger partial charge on any atom is -0.352 e. The molecule has 0 fully saturated rings. The molecule has 1 amide bonds. The summed E-state index contributed by atoms with van der Waals surface area (Å²) in [7, 11) is 0. The van der Waals surface area contributed by atoms with E-state index in [1.807, 2.05) is 67.1 Å². The average molecular weight is 382 g/mol. The van der Waals surface area contributed by atoms with E-state index in [0.29, 0.717) is 18.7 Å². The molecule has 140 valence electrons. The van der Waals surface area contributed by atoms with Gasteiger partial charge in [0.05, 0.1) is 12.2 Å². The highest BCUT2D eigenvalue weighted by molar-refractivity contribution is 6.31. The van der Waals surface area contributed by atoms with Crippen molar-refractivity contribution in [2.75, 3.05) is 6.54 Å². The highest BCUT2D eigenvalue weighted by atomic mass is 35.5. The van der Waals surface area contributed by atoms with Gasteiger partial charge in [-0.1, -0.05) is 41.9 Å². The maximum atomic E-state index is 12.3. The lowest BCUT2D eigenvalue weighted by molar-refractivity contribution is 0.0953. The van der Waals surface area contributed by atoms with Crippen molar-refractivity contribution in [2.24, 2.45) is 0 Å². The lowest BCUT2D eigenvalue weighted by atomic mass is 10.1. The Labute approximate surface area is 165 Å². The van der Waals surface area contributed by atoms with Crippen LogP contribution in [0.2, 0.25) is 5.02 Å². The molecule has 2 aromatic carbocycles. The van der Waals surface area contributed by atoms with E-state index in [1.54, 1.807) is 0 Å². The van der Waals surface area contributed by atoms with Crippen LogP contribution in [-0.4, -0.2) is 22.2 Å². The molecule has 0 bridgehead atoms. The lowest BCUT2D eigenvalue weighted by Crippen LogP contribution is -2.24. The number of amides is 1. The first kappa shape index (κ1) is 19.2. The average Bonchev–Trinajstić information content (AvgIpc) is 2.97. The van der Waals surface area contributed by atoms with Gasteiger partial charge >= 0.3 is 0 Å². The molecule has 27 heavy (non-hydrogen) atoms. The second kappa shape index (κ2) is 8.87. The van der Waals surface area contributed by atoms with Gasteiger partial charge in [0.2, 0.25) is 0 Å². The summed E-state index contributed by atoms with van der Waals surface area (Å²) in [6.45, 7) is 5.37. The second-order valence-electron chi connectivity index (χ2n) is 6.73. The zero-order valence-electron chi connectivity index (χ0n) is 15.7. The Hall–Kier alpha value is -2.59. The summed E-state index contributed by atoms with van der Waals surface area (Å²) in [4.78, 5) is 12.3. The van der Waals surface area contributed by atoms with Crippen LogP contribution in [0.1, 0.15) is 39.3 Å². The number of hydrogen-bond acceptors (Lipinski definition) is 2. The Bertz CT molecular complexity index is 916. The van der Waals surface area contributed by atoms with Crippen LogP contribution in [0.15, 0.2) is 54.6 Å². The first-order valence-corrected chi connectivity index (χ1v) is 9.52. The Kier molecular flexibility index (Phi) is 6.30. The SMILES string of the molecule is Cc1cc(C)n(Cc2ccc(C(=O)NCCCc3ccccc3Cl)cc2)n1. The molecular weight excluding hydrogens is 358 g/mol. The van der Waals surface area contributed by atoms with Gasteiger partial charge in [-0.2, -0.15) is 5.10 Å². The van der Waals surface area contributed by atoms with Crippen molar-refractivity contribution < 1.29 is 4.79 Å². The van der Waals surface area contributed by atoms with Crippen LogP contribution in [-0.2, 0) is 13.0 Å². The molecule has 1 aromatic heterocycles. The van der Waals surface area contributed by atoms with Crippen molar-refractivity contribution >= 4 is 17.5 Å². The number of carbonyl (C=O) groups excluding carboxylic acids is 1. The van der Waals surface area contributed by atoms with Crippen LogP contribution in [0.4, 0.5) is 0 Å². The summed E-state index contributed by atoms with van der Waals surface area (Å²) in [6, 6.07) is 17.6. The second-order valence-corrected chi connectivity index (χ2v) is 7.14. The van der Waals surface area contributed by atoms with Gasteiger partial charge in [-0.3, -0.25) is 9.48 Å². The standard InChI is InChI=1S/C22H24ClN3O/c1-16-14-17(2)26(25-16)15-18-9-11-20(12-10-18)22(27)24-13-5-7-19-6-3-4-8-21(19)23/h3-4,6,8-12,14H,5,7,13,15H2,1-2H3,(H,24,27). The van der Waals surface area contributed by atoms with E-state index in [1.165, 1.54) is 0 Å². The predicted octanol–water partition coefficient (Wildman–Crippen LogP) is 4.56. The minimum absolute atomic E-state index is 0.0492.